The second-order valence-electron chi connectivity index (χ2n) is 7.35. The van der Waals surface area contributed by atoms with Crippen molar-refractivity contribution in [2.24, 2.45) is 0 Å². The summed E-state index contributed by atoms with van der Waals surface area (Å²) in [6, 6.07) is 1.71. The second-order valence-corrected chi connectivity index (χ2v) is 7.35. The molecule has 1 aromatic heterocycles. The van der Waals surface area contributed by atoms with E-state index >= 15 is 0 Å². The Kier molecular flexibility index (Phi) is 6.01. The molecular formula is C19H27N5O4. The Morgan fingerprint density at radius 2 is 2.00 bits per heavy atom. The van der Waals surface area contributed by atoms with Crippen molar-refractivity contribution in [2.75, 3.05) is 27.7 Å². The predicted octanol–water partition coefficient (Wildman–Crippen LogP) is 0.876. The third-order valence-corrected chi connectivity index (χ3v) is 5.19. The lowest BCUT2D eigenvalue weighted by Crippen LogP contribution is -2.41. The Balaban J connectivity index is 1.65. The normalized spacial score (nSPS) is 16.1. The van der Waals surface area contributed by atoms with E-state index in [2.05, 4.69) is 15.6 Å². The van der Waals surface area contributed by atoms with E-state index in [1.807, 2.05) is 4.90 Å². The van der Waals surface area contributed by atoms with Gasteiger partial charge in [-0.2, -0.15) is 0 Å². The fraction of sp³-hybridized carbons (Fsp3) is 0.579. The van der Waals surface area contributed by atoms with Crippen LogP contribution in [0.4, 0.5) is 4.79 Å². The summed E-state index contributed by atoms with van der Waals surface area (Å²) in [4.78, 5) is 44.1. The minimum atomic E-state index is -0.343. The van der Waals surface area contributed by atoms with Crippen LogP contribution in [-0.4, -0.2) is 66.4 Å². The highest BCUT2D eigenvalue weighted by Crippen LogP contribution is 2.33. The summed E-state index contributed by atoms with van der Waals surface area (Å²) in [5.41, 5.74) is 1.94. The molecule has 1 fully saturated rings. The van der Waals surface area contributed by atoms with E-state index in [4.69, 9.17) is 4.74 Å². The Hall–Kier alpha value is -2.84. The summed E-state index contributed by atoms with van der Waals surface area (Å²) in [6.07, 6.45) is 4.39. The summed E-state index contributed by atoms with van der Waals surface area (Å²) < 4.78 is 5.36. The zero-order chi connectivity index (χ0) is 20.3. The lowest BCUT2D eigenvalue weighted by Gasteiger charge is -2.22. The molecule has 152 valence electrons. The smallest absolute Gasteiger partial charge is 0.317 e. The summed E-state index contributed by atoms with van der Waals surface area (Å²) in [5.74, 6) is 0.0667. The average Bonchev–Trinajstić information content (AvgIpc) is 3.31. The highest BCUT2D eigenvalue weighted by Gasteiger charge is 2.35. The van der Waals surface area contributed by atoms with Crippen LogP contribution in [0.5, 0.6) is 5.88 Å². The van der Waals surface area contributed by atoms with Crippen LogP contribution >= 0.6 is 0 Å². The van der Waals surface area contributed by atoms with Gasteiger partial charge in [0, 0.05) is 32.2 Å². The number of carbonyl (C=O) groups is 3. The molecule has 1 saturated carbocycles. The first-order valence-corrected chi connectivity index (χ1v) is 9.50. The molecule has 1 aromatic rings. The number of amides is 4. The van der Waals surface area contributed by atoms with Crippen molar-refractivity contribution in [1.29, 1.82) is 0 Å². The molecule has 0 bridgehead atoms. The molecule has 3 rings (SSSR count). The molecule has 2 N–H and O–H groups in total. The molecule has 9 nitrogen and oxygen atoms in total. The number of fused-ring (bicyclic) bond motifs is 1. The third kappa shape index (κ3) is 4.18. The van der Waals surface area contributed by atoms with Crippen LogP contribution in [0, 0.1) is 0 Å². The largest absolute Gasteiger partial charge is 0.481 e. The van der Waals surface area contributed by atoms with Gasteiger partial charge in [0.05, 0.1) is 31.5 Å². The zero-order valence-electron chi connectivity index (χ0n) is 16.6. The Morgan fingerprint density at radius 1 is 1.29 bits per heavy atom. The fourth-order valence-corrected chi connectivity index (χ4v) is 3.65. The number of urea groups is 1. The number of ether oxygens (including phenoxy) is 1. The van der Waals surface area contributed by atoms with Crippen LogP contribution < -0.4 is 15.4 Å². The molecule has 0 atom stereocenters. The first-order valence-electron chi connectivity index (χ1n) is 9.50. The predicted molar refractivity (Wildman–Crippen MR) is 102 cm³/mol. The van der Waals surface area contributed by atoms with Crippen LogP contribution in [0.15, 0.2) is 6.07 Å². The number of nitrogens with one attached hydrogen (secondary N) is 2. The van der Waals surface area contributed by atoms with Gasteiger partial charge in [-0.3, -0.25) is 9.59 Å². The van der Waals surface area contributed by atoms with E-state index in [0.717, 1.165) is 31.4 Å². The van der Waals surface area contributed by atoms with Crippen molar-refractivity contribution in [3.63, 3.8) is 0 Å². The molecule has 1 aliphatic heterocycles. The van der Waals surface area contributed by atoms with Gasteiger partial charge in [-0.1, -0.05) is 12.8 Å². The maximum absolute atomic E-state index is 12.8. The second kappa shape index (κ2) is 8.45. The molecule has 4 amide bonds. The van der Waals surface area contributed by atoms with Crippen molar-refractivity contribution < 1.29 is 19.1 Å². The lowest BCUT2D eigenvalue weighted by molar-refractivity contribution is -0.120. The van der Waals surface area contributed by atoms with Gasteiger partial charge >= 0.3 is 6.03 Å². The maximum Gasteiger partial charge on any atom is 0.317 e. The maximum atomic E-state index is 12.8. The van der Waals surface area contributed by atoms with Crippen molar-refractivity contribution in [2.45, 2.75) is 44.8 Å². The number of rotatable bonds is 6. The standard InChI is InChI=1S/C19H27N5O4/c1-23(2)19(27)21-10-16(25)20-9-12-8-14-15(22-17(12)28-3)11-24(18(14)26)13-6-4-5-7-13/h8,13H,4-7,9-11H2,1-3H3,(H,20,25)(H,21,27). The quantitative estimate of drug-likeness (QED) is 0.752. The molecule has 2 aliphatic rings. The molecule has 0 saturated heterocycles. The van der Waals surface area contributed by atoms with E-state index in [0.29, 0.717) is 23.6 Å². The molecule has 0 spiro atoms. The third-order valence-electron chi connectivity index (χ3n) is 5.19. The number of carbonyl (C=O) groups excluding carboxylic acids is 3. The first-order chi connectivity index (χ1) is 13.4. The van der Waals surface area contributed by atoms with E-state index < -0.39 is 0 Å². The zero-order valence-corrected chi connectivity index (χ0v) is 16.6. The van der Waals surface area contributed by atoms with Crippen LogP contribution in [0.3, 0.4) is 0 Å². The first kappa shape index (κ1) is 19.9. The molecule has 28 heavy (non-hydrogen) atoms. The number of aromatic nitrogens is 1. The number of pyridine rings is 1. The summed E-state index contributed by atoms with van der Waals surface area (Å²) in [7, 11) is 4.71. The molecule has 0 radical (unpaired) electrons. The highest BCUT2D eigenvalue weighted by atomic mass is 16.5. The van der Waals surface area contributed by atoms with Crippen molar-refractivity contribution in [3.8, 4) is 5.88 Å². The van der Waals surface area contributed by atoms with Gasteiger partial charge in [0.25, 0.3) is 5.91 Å². The highest BCUT2D eigenvalue weighted by molar-refractivity contribution is 5.98. The summed E-state index contributed by atoms with van der Waals surface area (Å²) >= 11 is 0. The molecular weight excluding hydrogens is 362 g/mol. The van der Waals surface area contributed by atoms with Gasteiger partial charge < -0.3 is 25.2 Å². The monoisotopic (exact) mass is 389 g/mol. The minimum Gasteiger partial charge on any atom is -0.481 e. The summed E-state index contributed by atoms with van der Waals surface area (Å²) in [5, 5.41) is 5.22. The molecule has 1 aliphatic carbocycles. The van der Waals surface area contributed by atoms with Gasteiger partial charge in [0.1, 0.15) is 0 Å². The SMILES string of the molecule is COc1nc2c(cc1CNC(=O)CNC(=O)N(C)C)C(=O)N(C1CCCC1)C2. The van der Waals surface area contributed by atoms with E-state index in [9.17, 15) is 14.4 Å². The Labute approximate surface area is 164 Å². The van der Waals surface area contributed by atoms with Crippen molar-refractivity contribution >= 4 is 17.8 Å². The van der Waals surface area contributed by atoms with Crippen LogP contribution in [0.2, 0.25) is 0 Å². The molecule has 0 unspecified atom stereocenters. The average molecular weight is 389 g/mol. The number of methoxy groups -OCH3 is 1. The minimum absolute atomic E-state index is 0.00266. The summed E-state index contributed by atoms with van der Waals surface area (Å²) in [6.45, 7) is 0.543. The van der Waals surface area contributed by atoms with Gasteiger partial charge in [-0.15, -0.1) is 0 Å². The van der Waals surface area contributed by atoms with Gasteiger partial charge in [0.2, 0.25) is 11.8 Å². The van der Waals surface area contributed by atoms with Crippen LogP contribution in [0.25, 0.3) is 0 Å². The molecule has 2 heterocycles. The topological polar surface area (TPSA) is 104 Å². The lowest BCUT2D eigenvalue weighted by atomic mass is 10.1. The number of hydrogen-bond acceptors (Lipinski definition) is 5. The molecule has 0 aromatic carbocycles. The van der Waals surface area contributed by atoms with Crippen LogP contribution in [0.1, 0.15) is 47.3 Å². The fourth-order valence-electron chi connectivity index (χ4n) is 3.65. The van der Waals surface area contributed by atoms with Gasteiger partial charge in [-0.05, 0) is 18.9 Å². The van der Waals surface area contributed by atoms with Gasteiger partial charge in [0.15, 0.2) is 0 Å². The van der Waals surface area contributed by atoms with E-state index in [-0.39, 0.29) is 37.0 Å². The van der Waals surface area contributed by atoms with Crippen molar-refractivity contribution in [3.05, 3.63) is 22.9 Å². The van der Waals surface area contributed by atoms with E-state index in [1.54, 1.807) is 20.2 Å². The van der Waals surface area contributed by atoms with Crippen LogP contribution in [-0.2, 0) is 17.9 Å². The van der Waals surface area contributed by atoms with E-state index in [1.165, 1.54) is 12.0 Å². The van der Waals surface area contributed by atoms with Crippen molar-refractivity contribution in [1.82, 2.24) is 25.4 Å². The Morgan fingerprint density at radius 3 is 2.64 bits per heavy atom. The number of hydrogen-bond donors (Lipinski definition) is 2. The Bertz CT molecular complexity index is 774. The molecule has 9 heteroatoms. The van der Waals surface area contributed by atoms with Gasteiger partial charge in [-0.25, -0.2) is 9.78 Å². The number of nitrogens with zero attached hydrogens (tertiary/aromatic N) is 3.